The number of rotatable bonds is 1. The van der Waals surface area contributed by atoms with E-state index in [2.05, 4.69) is 24.2 Å². The summed E-state index contributed by atoms with van der Waals surface area (Å²) < 4.78 is 0. The average molecular weight is 144 g/mol. The lowest BCUT2D eigenvalue weighted by Gasteiger charge is -2.00. The van der Waals surface area contributed by atoms with Crippen molar-refractivity contribution in [1.29, 1.82) is 0 Å². The molecule has 0 aromatic carbocycles. The van der Waals surface area contributed by atoms with Crippen molar-refractivity contribution < 1.29 is 0 Å². The van der Waals surface area contributed by atoms with Crippen LogP contribution in [0.2, 0.25) is 0 Å². The molecule has 1 heterocycles. The van der Waals surface area contributed by atoms with E-state index in [-0.39, 0.29) is 0 Å². The van der Waals surface area contributed by atoms with Gasteiger partial charge in [-0.3, -0.25) is 4.99 Å². The summed E-state index contributed by atoms with van der Waals surface area (Å²) >= 11 is 1.83. The third kappa shape index (κ3) is 1.90. The second kappa shape index (κ2) is 3.11. The number of hydrogen-bond acceptors (Lipinski definition) is 3. The first-order valence-corrected chi connectivity index (χ1v) is 4.16. The maximum atomic E-state index is 4.27. The van der Waals surface area contributed by atoms with E-state index in [1.165, 1.54) is 0 Å². The molecule has 1 aliphatic rings. The fourth-order valence-electron chi connectivity index (χ4n) is 0.725. The molecule has 0 aromatic rings. The minimum Gasteiger partial charge on any atom is -0.365 e. The van der Waals surface area contributed by atoms with E-state index >= 15 is 0 Å². The molecule has 0 bridgehead atoms. The Hall–Kier alpha value is -0.180. The number of thioether (sulfide) groups is 1. The van der Waals surface area contributed by atoms with Crippen molar-refractivity contribution in [3.8, 4) is 0 Å². The summed E-state index contributed by atoms with van der Waals surface area (Å²) in [6, 6.07) is 0. The van der Waals surface area contributed by atoms with Crippen LogP contribution in [0.3, 0.4) is 0 Å². The molecule has 0 spiro atoms. The average Bonchev–Trinajstić information content (AvgIpc) is 2.17. The van der Waals surface area contributed by atoms with Crippen LogP contribution in [0.15, 0.2) is 4.99 Å². The van der Waals surface area contributed by atoms with E-state index in [1.54, 1.807) is 0 Å². The topological polar surface area (TPSA) is 24.4 Å². The molecule has 3 heteroatoms. The first-order valence-electron chi connectivity index (χ1n) is 3.28. The maximum Gasteiger partial charge on any atom is 0.156 e. The van der Waals surface area contributed by atoms with Crippen molar-refractivity contribution in [1.82, 2.24) is 5.32 Å². The zero-order valence-electron chi connectivity index (χ0n) is 5.85. The molecule has 1 aliphatic heterocycles. The van der Waals surface area contributed by atoms with Gasteiger partial charge in [0.2, 0.25) is 0 Å². The van der Waals surface area contributed by atoms with Crippen LogP contribution in [0, 0.1) is 0 Å². The lowest BCUT2D eigenvalue weighted by molar-refractivity contribution is 0.946. The molecule has 0 fully saturated rings. The minimum atomic E-state index is 0.680. The van der Waals surface area contributed by atoms with Crippen LogP contribution >= 0.6 is 11.8 Å². The molecule has 1 N–H and O–H groups in total. The lowest BCUT2D eigenvalue weighted by Crippen LogP contribution is -2.17. The van der Waals surface area contributed by atoms with Crippen LogP contribution < -0.4 is 5.32 Å². The van der Waals surface area contributed by atoms with E-state index in [0.717, 1.165) is 18.3 Å². The minimum absolute atomic E-state index is 0.680. The molecule has 9 heavy (non-hydrogen) atoms. The van der Waals surface area contributed by atoms with E-state index in [9.17, 15) is 0 Å². The Morgan fingerprint density at radius 1 is 1.89 bits per heavy atom. The molecule has 0 aliphatic carbocycles. The van der Waals surface area contributed by atoms with Crippen molar-refractivity contribution in [2.75, 3.05) is 13.1 Å². The van der Waals surface area contributed by atoms with Gasteiger partial charge in [0, 0.05) is 11.8 Å². The third-order valence-electron chi connectivity index (χ3n) is 1.13. The van der Waals surface area contributed by atoms with E-state index in [0.29, 0.717) is 5.25 Å². The number of nitrogens with one attached hydrogen (secondary N) is 1. The Balaban J connectivity index is 2.27. The van der Waals surface area contributed by atoms with Crippen molar-refractivity contribution in [2.45, 2.75) is 19.1 Å². The van der Waals surface area contributed by atoms with Gasteiger partial charge in [-0.25, -0.2) is 0 Å². The van der Waals surface area contributed by atoms with Crippen molar-refractivity contribution in [3.05, 3.63) is 0 Å². The largest absolute Gasteiger partial charge is 0.365 e. The second-order valence-corrected chi connectivity index (χ2v) is 3.53. The van der Waals surface area contributed by atoms with E-state index in [1.807, 2.05) is 11.8 Å². The van der Waals surface area contributed by atoms with Gasteiger partial charge in [-0.05, 0) is 6.92 Å². The van der Waals surface area contributed by atoms with Gasteiger partial charge in [-0.15, -0.1) is 0 Å². The number of amidine groups is 1. The monoisotopic (exact) mass is 144 g/mol. The van der Waals surface area contributed by atoms with Gasteiger partial charge in [0.15, 0.2) is 5.17 Å². The second-order valence-electron chi connectivity index (χ2n) is 2.10. The number of nitrogens with zero attached hydrogens (tertiary/aromatic N) is 1. The summed E-state index contributed by atoms with van der Waals surface area (Å²) in [5, 5.41) is 4.98. The number of aliphatic imine (C=N–C) groups is 1. The zero-order valence-corrected chi connectivity index (χ0v) is 6.66. The normalized spacial score (nSPS) is 26.0. The smallest absolute Gasteiger partial charge is 0.156 e. The fourth-order valence-corrected chi connectivity index (χ4v) is 1.63. The summed E-state index contributed by atoms with van der Waals surface area (Å²) in [7, 11) is 0. The Bertz CT molecular complexity index is 122. The van der Waals surface area contributed by atoms with Gasteiger partial charge < -0.3 is 5.32 Å². The highest BCUT2D eigenvalue weighted by molar-refractivity contribution is 8.14. The Kier molecular flexibility index (Phi) is 2.39. The summed E-state index contributed by atoms with van der Waals surface area (Å²) in [5.74, 6) is 0. The van der Waals surface area contributed by atoms with Gasteiger partial charge in [0.25, 0.3) is 0 Å². The Morgan fingerprint density at radius 3 is 3.11 bits per heavy atom. The van der Waals surface area contributed by atoms with Crippen LogP contribution in [-0.4, -0.2) is 23.5 Å². The first kappa shape index (κ1) is 6.93. The first-order chi connectivity index (χ1) is 4.33. The molecule has 0 saturated carbocycles. The van der Waals surface area contributed by atoms with E-state index < -0.39 is 0 Å². The highest BCUT2D eigenvalue weighted by Crippen LogP contribution is 2.17. The fraction of sp³-hybridized carbons (Fsp3) is 0.833. The highest BCUT2D eigenvalue weighted by atomic mass is 32.2. The molecule has 1 atom stereocenters. The highest BCUT2D eigenvalue weighted by Gasteiger charge is 2.12. The van der Waals surface area contributed by atoms with Crippen molar-refractivity contribution in [3.63, 3.8) is 0 Å². The molecule has 52 valence electrons. The number of hydrogen-bond donors (Lipinski definition) is 1. The maximum absolute atomic E-state index is 4.27. The molecule has 0 saturated heterocycles. The predicted octanol–water partition coefficient (Wildman–Crippen LogP) is 1.09. The molecule has 1 unspecified atom stereocenters. The summed E-state index contributed by atoms with van der Waals surface area (Å²) in [6.07, 6.45) is 0. The summed E-state index contributed by atoms with van der Waals surface area (Å²) in [6.45, 7) is 6.25. The standard InChI is InChI=1S/C6H12N2S/c1-3-7-6-8-4-5(2)9-6/h5H,3-4H2,1-2H3,(H,7,8). The molecular weight excluding hydrogens is 132 g/mol. The molecule has 1 rings (SSSR count). The summed E-state index contributed by atoms with van der Waals surface area (Å²) in [4.78, 5) is 4.27. The van der Waals surface area contributed by atoms with Gasteiger partial charge in [-0.2, -0.15) is 0 Å². The quantitative estimate of drug-likeness (QED) is 0.595. The van der Waals surface area contributed by atoms with Gasteiger partial charge in [-0.1, -0.05) is 18.7 Å². The Labute approximate surface area is 60.1 Å². The lowest BCUT2D eigenvalue weighted by atomic mass is 10.5. The van der Waals surface area contributed by atoms with E-state index in [4.69, 9.17) is 0 Å². The van der Waals surface area contributed by atoms with Crippen LogP contribution in [0.1, 0.15) is 13.8 Å². The predicted molar refractivity (Wildman–Crippen MR) is 43.0 cm³/mol. The molecule has 0 radical (unpaired) electrons. The van der Waals surface area contributed by atoms with Crippen LogP contribution in [0.4, 0.5) is 0 Å². The van der Waals surface area contributed by atoms with Gasteiger partial charge in [0.1, 0.15) is 0 Å². The third-order valence-corrected chi connectivity index (χ3v) is 2.18. The molecule has 2 nitrogen and oxygen atoms in total. The van der Waals surface area contributed by atoms with Gasteiger partial charge >= 0.3 is 0 Å². The van der Waals surface area contributed by atoms with Crippen molar-refractivity contribution in [2.24, 2.45) is 4.99 Å². The van der Waals surface area contributed by atoms with Crippen LogP contribution in [0.5, 0.6) is 0 Å². The SMILES string of the molecule is CCNC1=NCC(C)S1. The molecular formula is C6H12N2S. The van der Waals surface area contributed by atoms with Crippen molar-refractivity contribution >= 4 is 16.9 Å². The van der Waals surface area contributed by atoms with Crippen LogP contribution in [0.25, 0.3) is 0 Å². The Morgan fingerprint density at radius 2 is 2.67 bits per heavy atom. The molecule has 0 aromatic heterocycles. The molecule has 0 amide bonds. The summed E-state index contributed by atoms with van der Waals surface area (Å²) in [5.41, 5.74) is 0. The van der Waals surface area contributed by atoms with Gasteiger partial charge in [0.05, 0.1) is 6.54 Å². The zero-order chi connectivity index (χ0) is 6.69. The van der Waals surface area contributed by atoms with Crippen LogP contribution in [-0.2, 0) is 0 Å².